The lowest BCUT2D eigenvalue weighted by molar-refractivity contribution is -0.937. The van der Waals surface area contributed by atoms with Crippen LogP contribution in [0.15, 0.2) is 24.3 Å². The Morgan fingerprint density at radius 2 is 1.84 bits per heavy atom. The molecule has 2 aliphatic rings. The van der Waals surface area contributed by atoms with E-state index in [1.165, 1.54) is 37.0 Å². The van der Waals surface area contributed by atoms with E-state index in [0.717, 1.165) is 43.5 Å². The molecule has 1 aliphatic heterocycles. The highest BCUT2D eigenvalue weighted by Gasteiger charge is 2.26. The van der Waals surface area contributed by atoms with E-state index < -0.39 is 0 Å². The van der Waals surface area contributed by atoms with Crippen LogP contribution in [0.1, 0.15) is 43.7 Å². The number of quaternary nitrogens is 1. The molecule has 0 bridgehead atoms. The van der Waals surface area contributed by atoms with Crippen LogP contribution in [-0.2, 0) is 4.74 Å². The van der Waals surface area contributed by atoms with Crippen molar-refractivity contribution in [3.05, 3.63) is 35.6 Å². The first-order valence-electron chi connectivity index (χ1n) is 9.44. The third-order valence-electron chi connectivity index (χ3n) is 5.31. The maximum Gasteiger partial charge on any atom is 0.166 e. The van der Waals surface area contributed by atoms with Crippen LogP contribution in [-0.4, -0.2) is 44.0 Å². The van der Waals surface area contributed by atoms with E-state index in [0.29, 0.717) is 6.04 Å². The zero-order valence-electron chi connectivity index (χ0n) is 14.7. The molecule has 1 aliphatic carbocycles. The highest BCUT2D eigenvalue weighted by Crippen LogP contribution is 2.17. The Morgan fingerprint density at radius 1 is 1.16 bits per heavy atom. The summed E-state index contributed by atoms with van der Waals surface area (Å²) in [7, 11) is 0. The molecular weight excluding hydrogens is 337 g/mol. The number of hydrogen-bond donors (Lipinski definition) is 3. The summed E-state index contributed by atoms with van der Waals surface area (Å²) in [5, 5.41) is 7.61. The quantitative estimate of drug-likeness (QED) is 0.692. The summed E-state index contributed by atoms with van der Waals surface area (Å²) >= 11 is 5.51. The third kappa shape index (κ3) is 5.62. The van der Waals surface area contributed by atoms with Gasteiger partial charge in [-0.2, -0.15) is 0 Å². The van der Waals surface area contributed by atoms with Crippen molar-refractivity contribution >= 4 is 17.3 Å². The van der Waals surface area contributed by atoms with Gasteiger partial charge in [0.2, 0.25) is 0 Å². The first kappa shape index (κ1) is 18.5. The van der Waals surface area contributed by atoms with Crippen LogP contribution in [0.25, 0.3) is 0 Å². The molecule has 1 saturated heterocycles. The zero-order valence-corrected chi connectivity index (χ0v) is 15.5. The van der Waals surface area contributed by atoms with E-state index in [9.17, 15) is 4.39 Å². The molecule has 0 aromatic heterocycles. The molecule has 1 atom stereocenters. The van der Waals surface area contributed by atoms with E-state index in [-0.39, 0.29) is 11.9 Å². The molecular formula is C19H29FN3OS+. The number of rotatable bonds is 5. The maximum atomic E-state index is 13.3. The second-order valence-electron chi connectivity index (χ2n) is 7.06. The molecule has 4 nitrogen and oxygen atoms in total. The number of halogens is 1. The Bertz CT molecular complexity index is 542. The van der Waals surface area contributed by atoms with Crippen molar-refractivity contribution in [1.29, 1.82) is 0 Å². The smallest absolute Gasteiger partial charge is 0.166 e. The van der Waals surface area contributed by atoms with Crippen molar-refractivity contribution < 1.29 is 14.0 Å². The van der Waals surface area contributed by atoms with Gasteiger partial charge < -0.3 is 20.3 Å². The number of nitrogens with one attached hydrogen (secondary N) is 3. The van der Waals surface area contributed by atoms with E-state index in [4.69, 9.17) is 17.0 Å². The second kappa shape index (κ2) is 9.46. The lowest BCUT2D eigenvalue weighted by Gasteiger charge is -2.32. The van der Waals surface area contributed by atoms with Crippen molar-refractivity contribution in [3.8, 4) is 0 Å². The normalized spacial score (nSPS) is 20.8. The van der Waals surface area contributed by atoms with Crippen LogP contribution >= 0.6 is 12.2 Å². The van der Waals surface area contributed by atoms with Crippen LogP contribution < -0.4 is 15.5 Å². The maximum absolute atomic E-state index is 13.3. The molecule has 0 amide bonds. The second-order valence-corrected chi connectivity index (χ2v) is 7.47. The van der Waals surface area contributed by atoms with Crippen LogP contribution in [0.2, 0.25) is 0 Å². The minimum atomic E-state index is -0.193. The van der Waals surface area contributed by atoms with E-state index in [2.05, 4.69) is 10.6 Å². The van der Waals surface area contributed by atoms with Gasteiger partial charge in [-0.25, -0.2) is 4.39 Å². The first-order valence-corrected chi connectivity index (χ1v) is 9.85. The van der Waals surface area contributed by atoms with Gasteiger partial charge in [0.1, 0.15) is 24.9 Å². The van der Waals surface area contributed by atoms with Gasteiger partial charge in [0.25, 0.3) is 0 Å². The minimum absolute atomic E-state index is 0.193. The highest BCUT2D eigenvalue weighted by atomic mass is 32.1. The average molecular weight is 367 g/mol. The van der Waals surface area contributed by atoms with Crippen molar-refractivity contribution in [2.75, 3.05) is 32.8 Å². The molecule has 0 spiro atoms. The van der Waals surface area contributed by atoms with Gasteiger partial charge in [0.15, 0.2) is 5.11 Å². The molecule has 1 heterocycles. The number of ether oxygens (including phenoxy) is 1. The Morgan fingerprint density at radius 3 is 2.52 bits per heavy atom. The third-order valence-corrected chi connectivity index (χ3v) is 5.57. The fourth-order valence-corrected chi connectivity index (χ4v) is 4.10. The SMILES string of the molecule is Fc1ccc([C@H](CNC(=S)NC2CCCCC2)[NH+]2CCOCC2)cc1. The van der Waals surface area contributed by atoms with Gasteiger partial charge in [-0.3, -0.25) is 0 Å². The van der Waals surface area contributed by atoms with Crippen molar-refractivity contribution in [2.45, 2.75) is 44.2 Å². The predicted octanol–water partition coefficient (Wildman–Crippen LogP) is 1.58. The summed E-state index contributed by atoms with van der Waals surface area (Å²) in [5.74, 6) is -0.193. The molecule has 138 valence electrons. The topological polar surface area (TPSA) is 37.7 Å². The standard InChI is InChI=1S/C19H28FN3OS/c20-16-8-6-15(7-9-16)18(23-10-12-24-13-11-23)14-21-19(25)22-17-4-2-1-3-5-17/h6-9,17-18H,1-5,10-14H2,(H2,21,22,25)/p+1/t18-/m0/s1. The fourth-order valence-electron chi connectivity index (χ4n) is 3.85. The van der Waals surface area contributed by atoms with Gasteiger partial charge in [-0.05, 0) is 37.2 Å². The number of thiocarbonyl (C=S) groups is 1. The monoisotopic (exact) mass is 366 g/mol. The van der Waals surface area contributed by atoms with Crippen molar-refractivity contribution in [2.24, 2.45) is 0 Å². The summed E-state index contributed by atoms with van der Waals surface area (Å²) in [5.41, 5.74) is 1.14. The van der Waals surface area contributed by atoms with E-state index in [1.807, 2.05) is 12.1 Å². The molecule has 6 heteroatoms. The molecule has 25 heavy (non-hydrogen) atoms. The van der Waals surface area contributed by atoms with Crippen LogP contribution in [0.5, 0.6) is 0 Å². The van der Waals surface area contributed by atoms with Gasteiger partial charge in [0, 0.05) is 11.6 Å². The fraction of sp³-hybridized carbons (Fsp3) is 0.632. The number of benzene rings is 1. The van der Waals surface area contributed by atoms with Gasteiger partial charge >= 0.3 is 0 Å². The van der Waals surface area contributed by atoms with E-state index >= 15 is 0 Å². The van der Waals surface area contributed by atoms with Gasteiger partial charge in [-0.1, -0.05) is 31.4 Å². The average Bonchev–Trinajstić information content (AvgIpc) is 2.65. The van der Waals surface area contributed by atoms with Crippen LogP contribution in [0.4, 0.5) is 4.39 Å². The lowest BCUT2D eigenvalue weighted by atomic mass is 9.96. The summed E-state index contributed by atoms with van der Waals surface area (Å²) in [6.45, 7) is 4.23. The van der Waals surface area contributed by atoms with E-state index in [1.54, 1.807) is 12.1 Å². The molecule has 3 N–H and O–H groups in total. The summed E-state index contributed by atoms with van der Waals surface area (Å²) in [6, 6.07) is 7.62. The summed E-state index contributed by atoms with van der Waals surface area (Å²) in [6.07, 6.45) is 6.33. The van der Waals surface area contributed by atoms with Gasteiger partial charge in [-0.15, -0.1) is 0 Å². The minimum Gasteiger partial charge on any atom is -0.370 e. The van der Waals surface area contributed by atoms with Gasteiger partial charge in [0.05, 0.1) is 19.8 Å². The predicted molar refractivity (Wildman–Crippen MR) is 101 cm³/mol. The molecule has 1 aromatic rings. The summed E-state index contributed by atoms with van der Waals surface area (Å²) in [4.78, 5) is 1.46. The largest absolute Gasteiger partial charge is 0.370 e. The first-order chi connectivity index (χ1) is 12.2. The molecule has 1 aromatic carbocycles. The van der Waals surface area contributed by atoms with Crippen molar-refractivity contribution in [3.63, 3.8) is 0 Å². The van der Waals surface area contributed by atoms with Crippen LogP contribution in [0.3, 0.4) is 0 Å². The Kier molecular flexibility index (Phi) is 7.02. The molecule has 2 fully saturated rings. The molecule has 0 unspecified atom stereocenters. The zero-order chi connectivity index (χ0) is 17.5. The molecule has 3 rings (SSSR count). The number of hydrogen-bond acceptors (Lipinski definition) is 2. The lowest BCUT2D eigenvalue weighted by Crippen LogP contribution is -3.15. The Balaban J connectivity index is 1.58. The van der Waals surface area contributed by atoms with Crippen LogP contribution in [0, 0.1) is 5.82 Å². The Labute approximate surface area is 155 Å². The highest BCUT2D eigenvalue weighted by molar-refractivity contribution is 7.80. The Hall–Kier alpha value is -1.24. The molecule has 1 saturated carbocycles. The molecule has 0 radical (unpaired) electrons. The number of morpholine rings is 1. The summed E-state index contributed by atoms with van der Waals surface area (Å²) < 4.78 is 18.8. The van der Waals surface area contributed by atoms with Crippen molar-refractivity contribution in [1.82, 2.24) is 10.6 Å².